The van der Waals surface area contributed by atoms with E-state index in [0.717, 1.165) is 55.4 Å². The number of aliphatic imine (C=N–C) groups is 1. The van der Waals surface area contributed by atoms with Gasteiger partial charge in [-0.25, -0.2) is 0 Å². The van der Waals surface area contributed by atoms with Gasteiger partial charge in [0.25, 0.3) is 0 Å². The Morgan fingerprint density at radius 2 is 2.14 bits per heavy atom. The van der Waals surface area contributed by atoms with E-state index in [4.69, 9.17) is 10.2 Å². The molecular weight excluding hydrogens is 456 g/mol. The number of nitrogens with one attached hydrogen (secondary N) is 2. The van der Waals surface area contributed by atoms with Gasteiger partial charge in [0.2, 0.25) is 0 Å². The van der Waals surface area contributed by atoms with Gasteiger partial charge in [-0.2, -0.15) is 0 Å². The van der Waals surface area contributed by atoms with Gasteiger partial charge in [-0.05, 0) is 50.8 Å². The molecule has 3 aliphatic heterocycles. The summed E-state index contributed by atoms with van der Waals surface area (Å²) in [5, 5.41) is 17.2. The van der Waals surface area contributed by atoms with E-state index in [1.165, 1.54) is 16.7 Å². The Hall–Kier alpha value is -2.58. The Kier molecular flexibility index (Phi) is 6.77. The summed E-state index contributed by atoms with van der Waals surface area (Å²) >= 11 is 1.81. The SMILES string of the molecule is C/C=C(/SCCN1CCc2ccc(C3=NOC4(C)CC34)cc2CC1)N(C)C(=N)C1=CNC(C)C=N1. The lowest BCUT2D eigenvalue weighted by molar-refractivity contribution is 0.0620. The third-order valence-corrected chi connectivity index (χ3v) is 8.69. The molecule has 0 aromatic heterocycles. The molecule has 0 amide bonds. The van der Waals surface area contributed by atoms with Crippen LogP contribution in [0.3, 0.4) is 0 Å². The molecule has 8 heteroatoms. The van der Waals surface area contributed by atoms with Gasteiger partial charge < -0.3 is 20.0 Å². The second-order valence-corrected chi connectivity index (χ2v) is 11.2. The number of allylic oxidation sites excluding steroid dienone is 1. The molecule has 0 radical (unpaired) electrons. The van der Waals surface area contributed by atoms with Crippen LogP contribution in [-0.4, -0.2) is 71.6 Å². The first-order valence-corrected chi connectivity index (χ1v) is 13.6. The first-order chi connectivity index (χ1) is 16.9. The highest BCUT2D eigenvalue weighted by atomic mass is 32.2. The van der Waals surface area contributed by atoms with E-state index in [1.54, 1.807) is 11.8 Å². The molecule has 0 bridgehead atoms. The maximum atomic E-state index is 8.55. The molecule has 1 aromatic carbocycles. The summed E-state index contributed by atoms with van der Waals surface area (Å²) in [4.78, 5) is 14.6. The lowest BCUT2D eigenvalue weighted by atomic mass is 9.96. The van der Waals surface area contributed by atoms with Crippen LogP contribution in [-0.2, 0) is 17.7 Å². The normalized spacial score (nSPS) is 27.6. The van der Waals surface area contributed by atoms with Gasteiger partial charge in [0.1, 0.15) is 11.3 Å². The number of amidine groups is 1. The maximum Gasteiger partial charge on any atom is 0.153 e. The van der Waals surface area contributed by atoms with Crippen molar-refractivity contribution in [2.45, 2.75) is 51.7 Å². The van der Waals surface area contributed by atoms with Crippen LogP contribution in [0, 0.1) is 11.3 Å². The highest BCUT2D eigenvalue weighted by molar-refractivity contribution is 8.03. The zero-order valence-electron chi connectivity index (χ0n) is 21.2. The van der Waals surface area contributed by atoms with E-state index < -0.39 is 0 Å². The predicted octanol–water partition coefficient (Wildman–Crippen LogP) is 4.01. The lowest BCUT2D eigenvalue weighted by Crippen LogP contribution is -2.32. The van der Waals surface area contributed by atoms with Crippen LogP contribution in [0.2, 0.25) is 0 Å². The van der Waals surface area contributed by atoms with E-state index in [0.29, 0.717) is 17.5 Å². The second kappa shape index (κ2) is 9.82. The maximum absolute atomic E-state index is 8.55. The number of hydrogen-bond donors (Lipinski definition) is 2. The van der Waals surface area contributed by atoms with Crippen molar-refractivity contribution in [2.75, 3.05) is 32.4 Å². The Bertz CT molecular complexity index is 1120. The molecule has 3 heterocycles. The minimum Gasteiger partial charge on any atom is -0.389 e. The van der Waals surface area contributed by atoms with Gasteiger partial charge in [-0.3, -0.25) is 10.4 Å². The Morgan fingerprint density at radius 1 is 1.34 bits per heavy atom. The van der Waals surface area contributed by atoms with Gasteiger partial charge in [0.05, 0.1) is 22.7 Å². The van der Waals surface area contributed by atoms with Crippen molar-refractivity contribution in [3.63, 3.8) is 0 Å². The van der Waals surface area contributed by atoms with Crippen LogP contribution in [0.15, 0.2) is 51.3 Å². The summed E-state index contributed by atoms with van der Waals surface area (Å²) < 4.78 is 0. The van der Waals surface area contributed by atoms with Gasteiger partial charge in [0, 0.05) is 56.8 Å². The van der Waals surface area contributed by atoms with Crippen LogP contribution in [0.1, 0.15) is 43.9 Å². The molecule has 186 valence electrons. The minimum atomic E-state index is -0.0367. The minimum absolute atomic E-state index is 0.0367. The van der Waals surface area contributed by atoms with E-state index in [9.17, 15) is 0 Å². The van der Waals surface area contributed by atoms with E-state index in [2.05, 4.69) is 51.6 Å². The third-order valence-electron chi connectivity index (χ3n) is 7.50. The molecule has 0 saturated heterocycles. The van der Waals surface area contributed by atoms with E-state index >= 15 is 0 Å². The van der Waals surface area contributed by atoms with Gasteiger partial charge in [-0.15, -0.1) is 11.8 Å². The van der Waals surface area contributed by atoms with Gasteiger partial charge >= 0.3 is 0 Å². The van der Waals surface area contributed by atoms with Crippen molar-refractivity contribution in [3.05, 3.63) is 57.9 Å². The summed E-state index contributed by atoms with van der Waals surface area (Å²) in [5.74, 6) is 1.87. The molecule has 3 atom stereocenters. The van der Waals surface area contributed by atoms with Crippen LogP contribution in [0.25, 0.3) is 0 Å². The van der Waals surface area contributed by atoms with Gasteiger partial charge in [-0.1, -0.05) is 23.4 Å². The van der Waals surface area contributed by atoms with Crippen molar-refractivity contribution < 1.29 is 4.84 Å². The molecule has 7 nitrogen and oxygen atoms in total. The number of hydrogen-bond acceptors (Lipinski definition) is 7. The van der Waals surface area contributed by atoms with Crippen molar-refractivity contribution >= 4 is 29.5 Å². The Balaban J connectivity index is 1.12. The number of rotatable bonds is 7. The zero-order chi connectivity index (χ0) is 24.6. The number of likely N-dealkylation sites (N-methyl/N-ethyl adjacent to an activating group) is 1. The van der Waals surface area contributed by atoms with Crippen LogP contribution >= 0.6 is 11.8 Å². The average molecular weight is 493 g/mol. The quantitative estimate of drug-likeness (QED) is 0.444. The molecular formula is C27H36N6OS. The fourth-order valence-electron chi connectivity index (χ4n) is 5.01. The highest BCUT2D eigenvalue weighted by Gasteiger charge is 2.60. The topological polar surface area (TPSA) is 76.3 Å². The fraction of sp³-hybridized carbons (Fsp3) is 0.519. The average Bonchev–Trinajstić information content (AvgIpc) is 3.49. The molecule has 5 rings (SSSR count). The Labute approximate surface area is 212 Å². The standard InChI is InChI=1S/C27H36N6OS/c1-5-24(32(4)26(28)23-17-29-18(2)16-30-23)35-13-12-33-10-8-19-6-7-21(14-20(19)9-11-33)25-22-15-27(22,3)34-31-25/h5-7,14,16-18,22,28-29H,8-13,15H2,1-4H3/b24-5+,28-26?. The summed E-state index contributed by atoms with van der Waals surface area (Å²) in [6.45, 7) is 9.43. The number of fused-ring (bicyclic) bond motifs is 2. The smallest absolute Gasteiger partial charge is 0.153 e. The lowest BCUT2D eigenvalue weighted by Gasteiger charge is -2.25. The molecule has 3 unspecified atom stereocenters. The molecule has 1 saturated carbocycles. The first kappa shape index (κ1) is 24.1. The predicted molar refractivity (Wildman–Crippen MR) is 145 cm³/mol. The molecule has 2 N–H and O–H groups in total. The highest BCUT2D eigenvalue weighted by Crippen LogP contribution is 2.52. The van der Waals surface area contributed by atoms with E-state index in [-0.39, 0.29) is 11.6 Å². The van der Waals surface area contributed by atoms with Crippen LogP contribution in [0.4, 0.5) is 0 Å². The monoisotopic (exact) mass is 492 g/mol. The number of oxime groups is 1. The zero-order valence-corrected chi connectivity index (χ0v) is 22.0. The molecule has 0 spiro atoms. The van der Waals surface area contributed by atoms with Crippen LogP contribution in [0.5, 0.6) is 0 Å². The molecule has 1 fully saturated rings. The third kappa shape index (κ3) is 5.05. The van der Waals surface area contributed by atoms with Crippen molar-refractivity contribution in [3.8, 4) is 0 Å². The van der Waals surface area contributed by atoms with E-state index in [1.807, 2.05) is 38.2 Å². The number of nitrogens with zero attached hydrogens (tertiary/aromatic N) is 4. The van der Waals surface area contributed by atoms with Crippen molar-refractivity contribution in [1.29, 1.82) is 5.41 Å². The fourth-order valence-corrected chi connectivity index (χ4v) is 6.02. The number of benzene rings is 1. The molecule has 35 heavy (non-hydrogen) atoms. The molecule has 1 aromatic rings. The molecule has 4 aliphatic rings. The summed E-state index contributed by atoms with van der Waals surface area (Å²) in [5.41, 5.74) is 5.93. The van der Waals surface area contributed by atoms with Crippen molar-refractivity contribution in [2.24, 2.45) is 16.1 Å². The number of thioether (sulfide) groups is 1. The summed E-state index contributed by atoms with van der Waals surface area (Å²) in [6, 6.07) is 7.11. The molecule has 1 aliphatic carbocycles. The van der Waals surface area contributed by atoms with Crippen LogP contribution < -0.4 is 5.32 Å². The summed E-state index contributed by atoms with van der Waals surface area (Å²) in [7, 11) is 1.95. The van der Waals surface area contributed by atoms with Crippen molar-refractivity contribution in [1.82, 2.24) is 15.1 Å². The first-order valence-electron chi connectivity index (χ1n) is 12.6. The summed E-state index contributed by atoms with van der Waals surface area (Å²) in [6.07, 6.45) is 9.02. The Morgan fingerprint density at radius 3 is 2.80 bits per heavy atom. The van der Waals surface area contributed by atoms with Gasteiger partial charge in [0.15, 0.2) is 5.84 Å². The largest absolute Gasteiger partial charge is 0.389 e. The second-order valence-electron chi connectivity index (χ2n) is 10.1.